The van der Waals surface area contributed by atoms with Gasteiger partial charge < -0.3 is 15.8 Å². The summed E-state index contributed by atoms with van der Waals surface area (Å²) in [4.78, 5) is 11.5. The average molecular weight is 326 g/mol. The maximum Gasteiger partial charge on any atom is 0.244 e. The number of nitrogens with one attached hydrogen (secondary N) is 1. The first-order valence-electron chi connectivity index (χ1n) is 7.42. The van der Waals surface area contributed by atoms with Gasteiger partial charge in [0.25, 0.3) is 0 Å². The van der Waals surface area contributed by atoms with Crippen molar-refractivity contribution in [1.29, 1.82) is 0 Å². The Morgan fingerprint density at radius 1 is 1.29 bits per heavy atom. The molecule has 2 aromatic carbocycles. The van der Waals surface area contributed by atoms with Crippen LogP contribution in [0.3, 0.4) is 0 Å². The standard InChI is InChI=1S/C19H19FN2O2/c1-2-11-22-19(23)10-8-14-7-9-18(17(21)12-14)24-13-15-5-3-4-6-16(15)20/h2-10,12H,1,11,13,21H2,(H,22,23)/b10-8-. The number of nitrogens with two attached hydrogens (primary N) is 1. The van der Waals surface area contributed by atoms with Crippen molar-refractivity contribution in [3.05, 3.63) is 78.1 Å². The van der Waals surface area contributed by atoms with Gasteiger partial charge in [0.15, 0.2) is 0 Å². The summed E-state index contributed by atoms with van der Waals surface area (Å²) in [6.07, 6.45) is 4.67. The van der Waals surface area contributed by atoms with E-state index in [2.05, 4.69) is 11.9 Å². The van der Waals surface area contributed by atoms with Gasteiger partial charge in [-0.05, 0) is 29.8 Å². The molecule has 0 saturated heterocycles. The Labute approximate surface area is 140 Å². The van der Waals surface area contributed by atoms with Crippen molar-refractivity contribution in [3.63, 3.8) is 0 Å². The highest BCUT2D eigenvalue weighted by atomic mass is 19.1. The van der Waals surface area contributed by atoms with Crippen LogP contribution in [-0.2, 0) is 11.4 Å². The minimum absolute atomic E-state index is 0.0933. The van der Waals surface area contributed by atoms with Crippen molar-refractivity contribution >= 4 is 17.7 Å². The predicted molar refractivity (Wildman–Crippen MR) is 93.8 cm³/mol. The number of amides is 1. The van der Waals surface area contributed by atoms with Crippen LogP contribution in [-0.4, -0.2) is 12.5 Å². The number of carbonyl (C=O) groups excluding carboxylic acids is 1. The fraction of sp³-hybridized carbons (Fsp3) is 0.105. The maximum absolute atomic E-state index is 13.6. The molecule has 5 heteroatoms. The summed E-state index contributed by atoms with van der Waals surface area (Å²) >= 11 is 0. The van der Waals surface area contributed by atoms with Crippen molar-refractivity contribution < 1.29 is 13.9 Å². The number of benzene rings is 2. The SMILES string of the molecule is C=CCNC(=O)/C=C\c1ccc(OCc2ccccc2F)c(N)c1. The first-order chi connectivity index (χ1) is 11.6. The Morgan fingerprint density at radius 3 is 2.79 bits per heavy atom. The monoisotopic (exact) mass is 326 g/mol. The van der Waals surface area contributed by atoms with E-state index in [0.29, 0.717) is 23.5 Å². The lowest BCUT2D eigenvalue weighted by Crippen LogP contribution is -2.20. The van der Waals surface area contributed by atoms with E-state index in [-0.39, 0.29) is 18.3 Å². The molecule has 0 heterocycles. The minimum atomic E-state index is -0.318. The molecule has 0 radical (unpaired) electrons. The Balaban J connectivity index is 1.99. The van der Waals surface area contributed by atoms with Crippen LogP contribution in [0.5, 0.6) is 5.75 Å². The Morgan fingerprint density at radius 2 is 2.08 bits per heavy atom. The van der Waals surface area contributed by atoms with Gasteiger partial charge >= 0.3 is 0 Å². The smallest absolute Gasteiger partial charge is 0.244 e. The van der Waals surface area contributed by atoms with E-state index in [1.165, 1.54) is 12.1 Å². The second kappa shape index (κ2) is 8.53. The molecule has 0 saturated carbocycles. The van der Waals surface area contributed by atoms with E-state index in [1.54, 1.807) is 48.6 Å². The van der Waals surface area contributed by atoms with E-state index in [9.17, 15) is 9.18 Å². The van der Waals surface area contributed by atoms with Crippen LogP contribution >= 0.6 is 0 Å². The first kappa shape index (κ1) is 17.3. The van der Waals surface area contributed by atoms with Gasteiger partial charge in [0.05, 0.1) is 5.69 Å². The molecule has 0 aliphatic heterocycles. The van der Waals surface area contributed by atoms with Crippen molar-refractivity contribution in [3.8, 4) is 5.75 Å². The van der Waals surface area contributed by atoms with Crippen LogP contribution in [0.2, 0.25) is 0 Å². The zero-order valence-corrected chi connectivity index (χ0v) is 13.2. The molecule has 1 amide bonds. The lowest BCUT2D eigenvalue weighted by Gasteiger charge is -2.10. The largest absolute Gasteiger partial charge is 0.487 e. The highest BCUT2D eigenvalue weighted by molar-refractivity contribution is 5.91. The normalized spacial score (nSPS) is 10.5. The molecule has 0 fully saturated rings. The zero-order chi connectivity index (χ0) is 17.4. The van der Waals surface area contributed by atoms with Gasteiger partial charge in [-0.1, -0.05) is 30.3 Å². The summed E-state index contributed by atoms with van der Waals surface area (Å²) in [5.41, 5.74) is 7.58. The Kier molecular flexibility index (Phi) is 6.14. The van der Waals surface area contributed by atoms with Crippen molar-refractivity contribution in [2.24, 2.45) is 0 Å². The second-order valence-corrected chi connectivity index (χ2v) is 5.04. The molecule has 0 spiro atoms. The van der Waals surface area contributed by atoms with Crippen molar-refractivity contribution in [1.82, 2.24) is 5.32 Å². The van der Waals surface area contributed by atoms with E-state index >= 15 is 0 Å². The zero-order valence-electron chi connectivity index (χ0n) is 13.2. The number of ether oxygens (including phenoxy) is 1. The molecule has 24 heavy (non-hydrogen) atoms. The van der Waals surface area contributed by atoms with Crippen LogP contribution in [0.1, 0.15) is 11.1 Å². The summed E-state index contributed by atoms with van der Waals surface area (Å²) in [6.45, 7) is 4.03. The summed E-state index contributed by atoms with van der Waals surface area (Å²) in [7, 11) is 0. The lowest BCUT2D eigenvalue weighted by atomic mass is 10.1. The summed E-state index contributed by atoms with van der Waals surface area (Å²) in [6, 6.07) is 11.6. The topological polar surface area (TPSA) is 64.3 Å². The fourth-order valence-corrected chi connectivity index (χ4v) is 1.98. The van der Waals surface area contributed by atoms with E-state index in [1.807, 2.05) is 0 Å². The molecule has 0 aliphatic carbocycles. The Bertz CT molecular complexity index is 757. The average Bonchev–Trinajstić information content (AvgIpc) is 2.58. The van der Waals surface area contributed by atoms with Crippen LogP contribution in [0.25, 0.3) is 6.08 Å². The summed E-state index contributed by atoms with van der Waals surface area (Å²) < 4.78 is 19.1. The molecule has 4 nitrogen and oxygen atoms in total. The third-order valence-electron chi connectivity index (χ3n) is 3.22. The molecule has 0 atom stereocenters. The van der Waals surface area contributed by atoms with Gasteiger partial charge in [-0.15, -0.1) is 6.58 Å². The molecule has 0 aromatic heterocycles. The number of rotatable bonds is 7. The van der Waals surface area contributed by atoms with Crippen molar-refractivity contribution in [2.75, 3.05) is 12.3 Å². The van der Waals surface area contributed by atoms with Crippen molar-refractivity contribution in [2.45, 2.75) is 6.61 Å². The van der Waals surface area contributed by atoms with E-state index in [0.717, 1.165) is 5.56 Å². The van der Waals surface area contributed by atoms with Crippen LogP contribution in [0, 0.1) is 5.82 Å². The summed E-state index contributed by atoms with van der Waals surface area (Å²) in [5, 5.41) is 2.64. The number of anilines is 1. The van der Waals surface area contributed by atoms with Gasteiger partial charge in [-0.2, -0.15) is 0 Å². The number of hydrogen-bond donors (Lipinski definition) is 2. The highest BCUT2D eigenvalue weighted by Gasteiger charge is 2.05. The van der Waals surface area contributed by atoms with E-state index < -0.39 is 0 Å². The van der Waals surface area contributed by atoms with Crippen LogP contribution in [0.15, 0.2) is 61.2 Å². The maximum atomic E-state index is 13.6. The van der Waals surface area contributed by atoms with E-state index in [4.69, 9.17) is 10.5 Å². The highest BCUT2D eigenvalue weighted by Crippen LogP contribution is 2.24. The number of halogens is 1. The second-order valence-electron chi connectivity index (χ2n) is 5.04. The quantitative estimate of drug-likeness (QED) is 0.466. The molecule has 3 N–H and O–H groups in total. The predicted octanol–water partition coefficient (Wildman–Crippen LogP) is 3.30. The molecule has 124 valence electrons. The molecular formula is C19H19FN2O2. The van der Waals surface area contributed by atoms with Gasteiger partial charge in [-0.25, -0.2) is 4.39 Å². The fourth-order valence-electron chi connectivity index (χ4n) is 1.98. The molecule has 0 bridgehead atoms. The van der Waals surface area contributed by atoms with Gasteiger partial charge in [0, 0.05) is 18.2 Å². The number of nitrogen functional groups attached to an aromatic ring is 1. The lowest BCUT2D eigenvalue weighted by molar-refractivity contribution is -0.116. The number of carbonyl (C=O) groups is 1. The minimum Gasteiger partial charge on any atom is -0.487 e. The molecular weight excluding hydrogens is 307 g/mol. The van der Waals surface area contributed by atoms with Gasteiger partial charge in [0.1, 0.15) is 18.2 Å². The summed E-state index contributed by atoms with van der Waals surface area (Å²) in [5.74, 6) is -0.0685. The first-order valence-corrected chi connectivity index (χ1v) is 7.42. The molecule has 0 aliphatic rings. The number of hydrogen-bond acceptors (Lipinski definition) is 3. The van der Waals surface area contributed by atoms with Gasteiger partial charge in [0.2, 0.25) is 5.91 Å². The van der Waals surface area contributed by atoms with Crippen LogP contribution < -0.4 is 15.8 Å². The molecule has 0 unspecified atom stereocenters. The van der Waals surface area contributed by atoms with Crippen LogP contribution in [0.4, 0.5) is 10.1 Å². The molecule has 2 aromatic rings. The van der Waals surface area contributed by atoms with Gasteiger partial charge in [-0.3, -0.25) is 4.79 Å². The molecule has 2 rings (SSSR count). The Hall–Kier alpha value is -3.08. The third-order valence-corrected chi connectivity index (χ3v) is 3.22. The third kappa shape index (κ3) is 4.98.